The minimum absolute atomic E-state index is 0.368. The van der Waals surface area contributed by atoms with Crippen LogP contribution in [0.5, 0.6) is 11.5 Å². The summed E-state index contributed by atoms with van der Waals surface area (Å²) >= 11 is 0. The zero-order valence-corrected chi connectivity index (χ0v) is 19.4. The molecule has 0 radical (unpaired) electrons. The molecule has 6 nitrogen and oxygen atoms in total. The molecule has 1 fully saturated rings. The largest absolute Gasteiger partial charge is 0.457 e. The van der Waals surface area contributed by atoms with E-state index in [9.17, 15) is 0 Å². The van der Waals surface area contributed by atoms with Crippen LogP contribution in [-0.2, 0) is 6.54 Å². The summed E-state index contributed by atoms with van der Waals surface area (Å²) in [6.07, 6.45) is 1.08. The number of hydrogen-bond donors (Lipinski definition) is 2. The number of para-hydroxylation sites is 1. The number of anilines is 1. The van der Waals surface area contributed by atoms with Crippen LogP contribution in [0.4, 0.5) is 5.82 Å². The van der Waals surface area contributed by atoms with E-state index in [4.69, 9.17) is 15.5 Å². The van der Waals surface area contributed by atoms with Gasteiger partial charge in [-0.25, -0.2) is 0 Å². The molecule has 35 heavy (non-hydrogen) atoms. The lowest BCUT2D eigenvalue weighted by Crippen LogP contribution is -2.19. The van der Waals surface area contributed by atoms with Crippen LogP contribution in [0.2, 0.25) is 0 Å². The van der Waals surface area contributed by atoms with Gasteiger partial charge >= 0.3 is 0 Å². The minimum atomic E-state index is 0.368. The molecule has 0 bridgehead atoms. The van der Waals surface area contributed by atoms with E-state index in [1.54, 1.807) is 0 Å². The number of aromatic nitrogens is 3. The molecule has 3 aromatic carbocycles. The Bertz CT molecular complexity index is 1430. The van der Waals surface area contributed by atoms with E-state index in [0.29, 0.717) is 11.7 Å². The number of nitrogens with one attached hydrogen (secondary N) is 1. The second-order valence-corrected chi connectivity index (χ2v) is 9.07. The predicted octanol–water partition coefficient (Wildman–Crippen LogP) is 5.99. The summed E-state index contributed by atoms with van der Waals surface area (Å²) < 4.78 is 5.96. The highest BCUT2D eigenvalue weighted by molar-refractivity contribution is 6.00. The van der Waals surface area contributed by atoms with E-state index in [0.717, 1.165) is 65.4 Å². The van der Waals surface area contributed by atoms with Crippen LogP contribution in [0.15, 0.2) is 91.0 Å². The molecule has 3 heterocycles. The normalized spacial score (nSPS) is 16.1. The first kappa shape index (κ1) is 21.4. The fourth-order valence-electron chi connectivity index (χ4n) is 4.87. The van der Waals surface area contributed by atoms with Gasteiger partial charge in [-0.2, -0.15) is 5.10 Å². The molecule has 1 aliphatic rings. The second-order valence-electron chi connectivity index (χ2n) is 9.07. The van der Waals surface area contributed by atoms with Crippen molar-refractivity contribution >= 4 is 16.7 Å². The molecule has 6 rings (SSSR count). The van der Waals surface area contributed by atoms with Crippen molar-refractivity contribution in [3.63, 3.8) is 0 Å². The van der Waals surface area contributed by atoms with E-state index in [2.05, 4.69) is 51.5 Å². The lowest BCUT2D eigenvalue weighted by molar-refractivity contribution is 0.326. The van der Waals surface area contributed by atoms with Gasteiger partial charge in [-0.3, -0.25) is 15.0 Å². The number of benzene rings is 3. The van der Waals surface area contributed by atoms with Gasteiger partial charge in [0.1, 0.15) is 11.5 Å². The first-order chi connectivity index (χ1) is 17.2. The fraction of sp³-hybridized carbons (Fsp3) is 0.172. The summed E-state index contributed by atoms with van der Waals surface area (Å²) in [5.41, 5.74) is 11.4. The Morgan fingerprint density at radius 2 is 1.63 bits per heavy atom. The summed E-state index contributed by atoms with van der Waals surface area (Å²) in [4.78, 5) is 7.64. The molecule has 1 unspecified atom stereocenters. The van der Waals surface area contributed by atoms with Gasteiger partial charge in [-0.15, -0.1) is 0 Å². The molecule has 3 N–H and O–H groups in total. The highest BCUT2D eigenvalue weighted by Gasteiger charge is 2.26. The predicted molar refractivity (Wildman–Crippen MR) is 139 cm³/mol. The maximum Gasteiger partial charge on any atom is 0.155 e. The molecule has 5 aromatic rings. The lowest BCUT2D eigenvalue weighted by atomic mass is 10.0. The van der Waals surface area contributed by atoms with Gasteiger partial charge in [0.15, 0.2) is 5.82 Å². The van der Waals surface area contributed by atoms with Crippen LogP contribution >= 0.6 is 0 Å². The number of nitrogens with two attached hydrogens (primary N) is 1. The van der Waals surface area contributed by atoms with E-state index in [1.165, 1.54) is 5.56 Å². The van der Waals surface area contributed by atoms with Crippen molar-refractivity contribution in [1.29, 1.82) is 0 Å². The molecule has 0 saturated carbocycles. The summed E-state index contributed by atoms with van der Waals surface area (Å²) in [6, 6.07) is 30.5. The average Bonchev–Trinajstić information content (AvgIpc) is 3.52. The molecule has 0 aliphatic carbocycles. The van der Waals surface area contributed by atoms with Crippen molar-refractivity contribution in [2.45, 2.75) is 18.9 Å². The monoisotopic (exact) mass is 461 g/mol. The third kappa shape index (κ3) is 4.48. The molecule has 2 aromatic heterocycles. The first-order valence-corrected chi connectivity index (χ1v) is 12.0. The number of hydrogen-bond acceptors (Lipinski definition) is 5. The number of nitrogen functional groups attached to an aromatic ring is 1. The molecular weight excluding hydrogens is 434 g/mol. The third-order valence-electron chi connectivity index (χ3n) is 6.64. The van der Waals surface area contributed by atoms with Crippen LogP contribution in [-0.4, -0.2) is 33.2 Å². The maximum atomic E-state index is 6.24. The van der Waals surface area contributed by atoms with Crippen LogP contribution < -0.4 is 10.5 Å². The molecule has 1 atom stereocenters. The van der Waals surface area contributed by atoms with Crippen LogP contribution in [0, 0.1) is 0 Å². The Hall–Kier alpha value is -4.16. The summed E-state index contributed by atoms with van der Waals surface area (Å²) in [5.74, 6) is 2.42. The van der Waals surface area contributed by atoms with Crippen molar-refractivity contribution in [3.05, 3.63) is 102 Å². The van der Waals surface area contributed by atoms with E-state index >= 15 is 0 Å². The SMILES string of the molecule is Nc1n[nH]c2cc(C3CCN(Cc4ccccc4)C3)nc(-c3ccc(Oc4ccccc4)cc3)c12. The second kappa shape index (κ2) is 9.24. The van der Waals surface area contributed by atoms with Crippen molar-refractivity contribution in [2.24, 2.45) is 0 Å². The molecular formula is C29H27N5O. The third-order valence-corrected chi connectivity index (χ3v) is 6.64. The van der Waals surface area contributed by atoms with Crippen molar-refractivity contribution < 1.29 is 4.74 Å². The maximum absolute atomic E-state index is 6.24. The van der Waals surface area contributed by atoms with E-state index in [-0.39, 0.29) is 0 Å². The smallest absolute Gasteiger partial charge is 0.155 e. The molecule has 174 valence electrons. The summed E-state index contributed by atoms with van der Waals surface area (Å²) in [6.45, 7) is 3.01. The topological polar surface area (TPSA) is 80.1 Å². The Morgan fingerprint density at radius 1 is 0.914 bits per heavy atom. The van der Waals surface area contributed by atoms with Gasteiger partial charge < -0.3 is 10.5 Å². The number of ether oxygens (including phenoxy) is 1. The zero-order chi connectivity index (χ0) is 23.6. The number of pyridine rings is 1. The Balaban J connectivity index is 1.28. The fourth-order valence-corrected chi connectivity index (χ4v) is 4.87. The van der Waals surface area contributed by atoms with Gasteiger partial charge in [0.05, 0.1) is 16.6 Å². The molecule has 0 amide bonds. The molecule has 6 heteroatoms. The molecule has 1 aliphatic heterocycles. The number of rotatable bonds is 6. The summed E-state index contributed by atoms with van der Waals surface area (Å²) in [7, 11) is 0. The molecule has 0 spiro atoms. The summed E-state index contributed by atoms with van der Waals surface area (Å²) in [5, 5.41) is 8.24. The van der Waals surface area contributed by atoms with Crippen LogP contribution in [0.25, 0.3) is 22.2 Å². The highest BCUT2D eigenvalue weighted by atomic mass is 16.5. The average molecular weight is 462 g/mol. The Kier molecular flexibility index (Phi) is 5.64. The first-order valence-electron chi connectivity index (χ1n) is 12.0. The van der Waals surface area contributed by atoms with Gasteiger partial charge in [0.25, 0.3) is 0 Å². The van der Waals surface area contributed by atoms with Crippen molar-refractivity contribution in [1.82, 2.24) is 20.1 Å². The van der Waals surface area contributed by atoms with Crippen molar-refractivity contribution in [3.8, 4) is 22.8 Å². The number of aromatic amines is 1. The molecule has 1 saturated heterocycles. The van der Waals surface area contributed by atoms with E-state index in [1.807, 2.05) is 54.6 Å². The van der Waals surface area contributed by atoms with Gasteiger partial charge in [0, 0.05) is 30.3 Å². The standard InChI is InChI=1S/C29H27N5O/c30-29-27-26(32-33-29)17-25(22-15-16-34(19-22)18-20-7-3-1-4-8-20)31-28(27)21-11-13-24(14-12-21)35-23-9-5-2-6-10-23/h1-14,17,22H,15-16,18-19H2,(H3,30,32,33). The number of nitrogens with zero attached hydrogens (tertiary/aromatic N) is 3. The zero-order valence-electron chi connectivity index (χ0n) is 19.4. The number of H-pyrrole nitrogens is 1. The van der Waals surface area contributed by atoms with Gasteiger partial charge in [0.2, 0.25) is 0 Å². The van der Waals surface area contributed by atoms with Crippen LogP contribution in [0.1, 0.15) is 23.6 Å². The van der Waals surface area contributed by atoms with Crippen molar-refractivity contribution in [2.75, 3.05) is 18.8 Å². The van der Waals surface area contributed by atoms with Gasteiger partial charge in [-0.1, -0.05) is 48.5 Å². The number of fused-ring (bicyclic) bond motifs is 1. The van der Waals surface area contributed by atoms with E-state index < -0.39 is 0 Å². The lowest BCUT2D eigenvalue weighted by Gasteiger charge is -2.16. The highest BCUT2D eigenvalue weighted by Crippen LogP contribution is 2.35. The Labute approximate surface area is 204 Å². The number of likely N-dealkylation sites (tertiary alicyclic amines) is 1. The minimum Gasteiger partial charge on any atom is -0.457 e. The quantitative estimate of drug-likeness (QED) is 0.325. The van der Waals surface area contributed by atoms with Gasteiger partial charge in [-0.05, 0) is 61.0 Å². The Morgan fingerprint density at radius 3 is 2.40 bits per heavy atom. The van der Waals surface area contributed by atoms with Crippen LogP contribution in [0.3, 0.4) is 0 Å².